The molecule has 29 heavy (non-hydrogen) atoms. The Labute approximate surface area is 177 Å². The first-order valence-electron chi connectivity index (χ1n) is 9.66. The molecule has 1 aromatic carbocycles. The minimum absolute atomic E-state index is 0.231. The first-order valence-corrected chi connectivity index (χ1v) is 10.9. The van der Waals surface area contributed by atoms with Crippen molar-refractivity contribution in [3.63, 3.8) is 0 Å². The Hall–Kier alpha value is -2.22. The van der Waals surface area contributed by atoms with Crippen LogP contribution in [0, 0.1) is 5.82 Å². The smallest absolute Gasteiger partial charge is 0.262 e. The number of benzene rings is 1. The lowest BCUT2D eigenvalue weighted by Crippen LogP contribution is -2.42. The molecular weight excluding hydrogens is 411 g/mol. The molecule has 152 valence electrons. The van der Waals surface area contributed by atoms with E-state index in [-0.39, 0.29) is 11.7 Å². The Bertz CT molecular complexity index is 1030. The summed E-state index contributed by atoms with van der Waals surface area (Å²) in [5, 5.41) is 7.81. The zero-order valence-corrected chi connectivity index (χ0v) is 17.4. The number of thiophene rings is 1. The third-order valence-electron chi connectivity index (χ3n) is 5.02. The van der Waals surface area contributed by atoms with Gasteiger partial charge in [0.25, 0.3) is 5.91 Å². The predicted octanol–water partition coefficient (Wildman–Crippen LogP) is 4.39. The van der Waals surface area contributed by atoms with Crippen molar-refractivity contribution in [2.45, 2.75) is 44.8 Å². The van der Waals surface area contributed by atoms with Crippen molar-refractivity contribution in [2.75, 3.05) is 0 Å². The van der Waals surface area contributed by atoms with Gasteiger partial charge in [-0.1, -0.05) is 30.2 Å². The quantitative estimate of drug-likeness (QED) is 0.600. The van der Waals surface area contributed by atoms with Gasteiger partial charge >= 0.3 is 0 Å². The number of amides is 1. The summed E-state index contributed by atoms with van der Waals surface area (Å²) >= 11 is 7.89. The topological polar surface area (TPSA) is 72.9 Å². The number of nitrogens with two attached hydrogens (primary N) is 1. The Kier molecular flexibility index (Phi) is 5.99. The highest BCUT2D eigenvalue weighted by atomic mass is 35.5. The van der Waals surface area contributed by atoms with Crippen LogP contribution in [-0.2, 0) is 19.4 Å². The zero-order chi connectivity index (χ0) is 20.4. The second-order valence-electron chi connectivity index (χ2n) is 7.24. The number of hydrogen-bond acceptors (Lipinski definition) is 4. The Morgan fingerprint density at radius 1 is 1.34 bits per heavy atom. The highest BCUT2D eigenvalue weighted by Crippen LogP contribution is 2.37. The van der Waals surface area contributed by atoms with E-state index in [2.05, 4.69) is 10.4 Å². The number of halogens is 2. The van der Waals surface area contributed by atoms with Crippen LogP contribution >= 0.6 is 22.9 Å². The van der Waals surface area contributed by atoms with Gasteiger partial charge in [-0.3, -0.25) is 9.48 Å². The first kappa shape index (κ1) is 20.1. The monoisotopic (exact) mass is 432 g/mol. The summed E-state index contributed by atoms with van der Waals surface area (Å²) in [6.45, 7) is 0.817. The molecule has 5 nitrogen and oxygen atoms in total. The number of nitrogens with one attached hydrogen (secondary N) is 1. The van der Waals surface area contributed by atoms with E-state index in [0.717, 1.165) is 53.9 Å². The molecule has 0 fully saturated rings. The number of hydrogen-bond donors (Lipinski definition) is 2. The zero-order valence-electron chi connectivity index (χ0n) is 15.8. The van der Waals surface area contributed by atoms with E-state index in [0.29, 0.717) is 16.3 Å². The molecule has 1 aliphatic rings. The minimum Gasteiger partial charge on any atom is -0.336 e. The van der Waals surface area contributed by atoms with Crippen LogP contribution in [0.5, 0.6) is 0 Å². The summed E-state index contributed by atoms with van der Waals surface area (Å²) in [6, 6.07) is 8.11. The molecular formula is C21H22ClFN4OS. The van der Waals surface area contributed by atoms with E-state index < -0.39 is 6.17 Å². The second kappa shape index (κ2) is 8.65. The van der Waals surface area contributed by atoms with E-state index in [1.165, 1.54) is 23.5 Å². The molecule has 0 spiro atoms. The molecule has 0 aliphatic carbocycles. The van der Waals surface area contributed by atoms with Gasteiger partial charge in [-0.05, 0) is 43.0 Å². The maximum atomic E-state index is 13.4. The second-order valence-corrected chi connectivity index (χ2v) is 8.78. The van der Waals surface area contributed by atoms with Crippen LogP contribution in [0.3, 0.4) is 0 Å². The lowest BCUT2D eigenvalue weighted by molar-refractivity contribution is 0.0942. The summed E-state index contributed by atoms with van der Waals surface area (Å²) in [5.74, 6) is -0.547. The van der Waals surface area contributed by atoms with E-state index in [1.807, 2.05) is 10.7 Å². The van der Waals surface area contributed by atoms with E-state index in [4.69, 9.17) is 17.3 Å². The number of aryl methyl sites for hydroxylation is 2. The van der Waals surface area contributed by atoms with Gasteiger partial charge in [0.05, 0.1) is 28.0 Å². The number of aromatic nitrogens is 2. The van der Waals surface area contributed by atoms with Gasteiger partial charge in [-0.25, -0.2) is 4.39 Å². The van der Waals surface area contributed by atoms with Crippen LogP contribution in [0.1, 0.15) is 39.4 Å². The summed E-state index contributed by atoms with van der Waals surface area (Å²) in [5.41, 5.74) is 8.68. The Balaban J connectivity index is 1.55. The molecule has 1 aliphatic heterocycles. The molecule has 1 unspecified atom stereocenters. The van der Waals surface area contributed by atoms with Crippen molar-refractivity contribution in [3.05, 3.63) is 62.7 Å². The lowest BCUT2D eigenvalue weighted by atomic mass is 10.1. The molecule has 1 amide bonds. The third kappa shape index (κ3) is 4.52. The normalized spacial score (nSPS) is 14.9. The van der Waals surface area contributed by atoms with Gasteiger partial charge in [0, 0.05) is 23.4 Å². The lowest BCUT2D eigenvalue weighted by Gasteiger charge is -2.13. The van der Waals surface area contributed by atoms with E-state index in [1.54, 1.807) is 18.3 Å². The minimum atomic E-state index is -0.605. The van der Waals surface area contributed by atoms with Crippen LogP contribution < -0.4 is 11.1 Å². The van der Waals surface area contributed by atoms with E-state index >= 15 is 0 Å². The van der Waals surface area contributed by atoms with Crippen molar-refractivity contribution in [1.29, 1.82) is 0 Å². The maximum absolute atomic E-state index is 13.4. The summed E-state index contributed by atoms with van der Waals surface area (Å²) in [4.78, 5) is 14.5. The Morgan fingerprint density at radius 2 is 2.21 bits per heavy atom. The average Bonchev–Trinajstić information content (AvgIpc) is 3.25. The fourth-order valence-corrected chi connectivity index (χ4v) is 5.01. The molecule has 3 aromatic rings. The first-order chi connectivity index (χ1) is 14.0. The third-order valence-corrected chi connectivity index (χ3v) is 6.49. The van der Waals surface area contributed by atoms with Crippen molar-refractivity contribution >= 4 is 28.8 Å². The molecule has 8 heteroatoms. The molecule has 3 heterocycles. The van der Waals surface area contributed by atoms with E-state index in [9.17, 15) is 9.18 Å². The van der Waals surface area contributed by atoms with Crippen LogP contribution in [0.4, 0.5) is 4.39 Å². The van der Waals surface area contributed by atoms with Gasteiger partial charge in [-0.15, -0.1) is 11.3 Å². The number of carbonyl (C=O) groups is 1. The molecule has 1 atom stereocenters. The number of fused-ring (bicyclic) bond motifs is 3. The molecule has 0 saturated carbocycles. The summed E-state index contributed by atoms with van der Waals surface area (Å²) in [7, 11) is 0. The highest BCUT2D eigenvalue weighted by Gasteiger charge is 2.22. The molecule has 0 saturated heterocycles. The standard InChI is InChI=1S/C21H22ClFN4OS/c22-16-12-25-27-8-3-1-2-7-17-15(20(16)27)11-18(29-17)21(28)26-19(24)10-13-5-4-6-14(23)9-13/h4-6,9,11-12,19H,1-3,7-8,10,24H2,(H,26,28). The average molecular weight is 433 g/mol. The van der Waals surface area contributed by atoms with Crippen LogP contribution in [-0.4, -0.2) is 21.9 Å². The fourth-order valence-electron chi connectivity index (χ4n) is 3.66. The van der Waals surface area contributed by atoms with Gasteiger partial charge in [-0.2, -0.15) is 5.10 Å². The molecule has 0 bridgehead atoms. The van der Waals surface area contributed by atoms with Gasteiger partial charge in [0.2, 0.25) is 0 Å². The number of rotatable bonds is 4. The SMILES string of the molecule is NC(Cc1cccc(F)c1)NC(=O)c1cc2c(s1)CCCCCn1ncc(Cl)c1-2. The van der Waals surface area contributed by atoms with Crippen LogP contribution in [0.25, 0.3) is 11.3 Å². The van der Waals surface area contributed by atoms with Gasteiger partial charge in [0.15, 0.2) is 0 Å². The largest absolute Gasteiger partial charge is 0.336 e. The molecule has 2 aromatic heterocycles. The number of nitrogens with zero attached hydrogens (tertiary/aromatic N) is 2. The molecule has 0 radical (unpaired) electrons. The summed E-state index contributed by atoms with van der Waals surface area (Å²) in [6.07, 6.45) is 5.55. The molecule has 4 rings (SSSR count). The van der Waals surface area contributed by atoms with Gasteiger partial charge in [0.1, 0.15) is 5.82 Å². The van der Waals surface area contributed by atoms with Crippen molar-refractivity contribution in [1.82, 2.24) is 15.1 Å². The summed E-state index contributed by atoms with van der Waals surface area (Å²) < 4.78 is 15.3. The predicted molar refractivity (Wildman–Crippen MR) is 114 cm³/mol. The van der Waals surface area contributed by atoms with Crippen molar-refractivity contribution < 1.29 is 9.18 Å². The highest BCUT2D eigenvalue weighted by molar-refractivity contribution is 7.14. The Morgan fingerprint density at radius 3 is 3.03 bits per heavy atom. The van der Waals surface area contributed by atoms with Crippen LogP contribution in [0.2, 0.25) is 5.02 Å². The molecule has 3 N–H and O–H groups in total. The fraction of sp³-hybridized carbons (Fsp3) is 0.333. The van der Waals surface area contributed by atoms with Gasteiger partial charge < -0.3 is 11.1 Å². The maximum Gasteiger partial charge on any atom is 0.262 e. The van der Waals surface area contributed by atoms with Crippen molar-refractivity contribution in [3.8, 4) is 11.3 Å². The van der Waals surface area contributed by atoms with Crippen molar-refractivity contribution in [2.24, 2.45) is 5.73 Å². The number of carbonyl (C=O) groups excluding carboxylic acids is 1. The van der Waals surface area contributed by atoms with Crippen LogP contribution in [0.15, 0.2) is 36.5 Å².